The molecular formula is C16H14Cl2O2P-. The Labute approximate surface area is 136 Å². The molecule has 0 heterocycles. The molecular weight excluding hydrogens is 326 g/mol. The van der Waals surface area contributed by atoms with Crippen LogP contribution in [0.1, 0.15) is 18.9 Å². The van der Waals surface area contributed by atoms with Crippen molar-refractivity contribution >= 4 is 42.2 Å². The standard InChI is InChI=1S/C16H15Cl2O2P/c1-2-10-20-11-6-8-12(9-7-11)21-16(19)15-13(17)4-3-5-14(15)18/h3-9,19H,2,10H2,1H3/p-1. The third kappa shape index (κ3) is 4.46. The predicted octanol–water partition coefficient (Wildman–Crippen LogP) is 3.89. The Morgan fingerprint density at radius 3 is 2.29 bits per heavy atom. The van der Waals surface area contributed by atoms with Crippen LogP contribution in [-0.2, 0) is 0 Å². The van der Waals surface area contributed by atoms with E-state index in [0.29, 0.717) is 30.4 Å². The third-order valence-electron chi connectivity index (χ3n) is 2.72. The zero-order valence-corrected chi connectivity index (χ0v) is 13.9. The smallest absolute Gasteiger partial charge is 0.119 e. The molecule has 0 fully saturated rings. The maximum atomic E-state index is 12.3. The molecule has 2 nitrogen and oxygen atoms in total. The summed E-state index contributed by atoms with van der Waals surface area (Å²) in [4.78, 5) is 0. The van der Waals surface area contributed by atoms with E-state index in [4.69, 9.17) is 27.9 Å². The molecule has 2 aromatic rings. The van der Waals surface area contributed by atoms with Crippen molar-refractivity contribution in [1.82, 2.24) is 0 Å². The van der Waals surface area contributed by atoms with Crippen LogP contribution in [0.4, 0.5) is 0 Å². The molecule has 0 spiro atoms. The van der Waals surface area contributed by atoms with Crippen LogP contribution in [0.25, 0.3) is 0 Å². The molecule has 0 N–H and O–H groups in total. The van der Waals surface area contributed by atoms with E-state index >= 15 is 0 Å². The fraction of sp³-hybridized carbons (Fsp3) is 0.188. The molecule has 0 bridgehead atoms. The van der Waals surface area contributed by atoms with Gasteiger partial charge in [-0.05, 0) is 42.8 Å². The fourth-order valence-corrected chi connectivity index (χ4v) is 3.30. The first-order valence-electron chi connectivity index (χ1n) is 6.54. The highest BCUT2D eigenvalue weighted by Crippen LogP contribution is 2.25. The Morgan fingerprint density at radius 1 is 1.10 bits per heavy atom. The summed E-state index contributed by atoms with van der Waals surface area (Å²) in [6.45, 7) is 2.74. The lowest BCUT2D eigenvalue weighted by molar-refractivity contribution is -0.206. The van der Waals surface area contributed by atoms with Crippen molar-refractivity contribution in [2.75, 3.05) is 6.61 Å². The Morgan fingerprint density at radius 2 is 1.71 bits per heavy atom. The van der Waals surface area contributed by atoms with Crippen LogP contribution < -0.4 is 15.1 Å². The molecule has 0 aliphatic carbocycles. The van der Waals surface area contributed by atoms with Crippen molar-refractivity contribution in [3.05, 3.63) is 58.1 Å². The number of rotatable bonds is 5. The summed E-state index contributed by atoms with van der Waals surface area (Å²) in [6, 6.07) is 12.5. The van der Waals surface area contributed by atoms with Gasteiger partial charge in [-0.1, -0.05) is 44.4 Å². The highest BCUT2D eigenvalue weighted by molar-refractivity contribution is 7.49. The average molecular weight is 340 g/mol. The lowest BCUT2D eigenvalue weighted by Crippen LogP contribution is -2.18. The normalized spacial score (nSPS) is 11.5. The molecule has 0 amide bonds. The van der Waals surface area contributed by atoms with E-state index in [0.717, 1.165) is 17.5 Å². The van der Waals surface area contributed by atoms with Crippen LogP contribution in [0.3, 0.4) is 0 Å². The van der Waals surface area contributed by atoms with Gasteiger partial charge in [-0.15, -0.1) is 5.48 Å². The van der Waals surface area contributed by atoms with E-state index in [-0.39, 0.29) is 5.48 Å². The van der Waals surface area contributed by atoms with Crippen LogP contribution in [-0.4, -0.2) is 12.1 Å². The molecule has 0 atom stereocenters. The number of hydrogen-bond donors (Lipinski definition) is 0. The Balaban J connectivity index is 2.22. The van der Waals surface area contributed by atoms with Crippen LogP contribution in [0.15, 0.2) is 42.5 Å². The van der Waals surface area contributed by atoms with Crippen LogP contribution in [0.5, 0.6) is 5.75 Å². The van der Waals surface area contributed by atoms with Gasteiger partial charge in [-0.2, -0.15) is 0 Å². The van der Waals surface area contributed by atoms with Gasteiger partial charge in [0.15, 0.2) is 0 Å². The second kappa shape index (κ2) is 7.82. The maximum absolute atomic E-state index is 12.3. The molecule has 21 heavy (non-hydrogen) atoms. The number of ether oxygens (including phenoxy) is 1. The highest BCUT2D eigenvalue weighted by Gasteiger charge is 2.04. The molecule has 0 unspecified atom stereocenters. The van der Waals surface area contributed by atoms with Gasteiger partial charge in [0, 0.05) is 20.9 Å². The van der Waals surface area contributed by atoms with Gasteiger partial charge in [0.05, 0.1) is 6.61 Å². The summed E-state index contributed by atoms with van der Waals surface area (Å²) < 4.78 is 5.51. The van der Waals surface area contributed by atoms with Gasteiger partial charge < -0.3 is 9.84 Å². The SMILES string of the molecule is CCCOc1ccc(P=C([O-])c2c(Cl)cccc2Cl)cc1. The lowest BCUT2D eigenvalue weighted by atomic mass is 10.2. The van der Waals surface area contributed by atoms with Crippen molar-refractivity contribution in [3.8, 4) is 5.75 Å². The summed E-state index contributed by atoms with van der Waals surface area (Å²) in [5.41, 5.74) is 0.252. The van der Waals surface area contributed by atoms with Gasteiger partial charge in [0.25, 0.3) is 0 Å². The first kappa shape index (κ1) is 16.3. The molecule has 0 saturated carbocycles. The highest BCUT2D eigenvalue weighted by atomic mass is 35.5. The topological polar surface area (TPSA) is 32.3 Å². The summed E-state index contributed by atoms with van der Waals surface area (Å²) in [5.74, 6) is 0.805. The second-order valence-corrected chi connectivity index (χ2v) is 6.32. The van der Waals surface area contributed by atoms with Gasteiger partial charge >= 0.3 is 0 Å². The number of halogens is 2. The fourth-order valence-electron chi connectivity index (χ4n) is 1.71. The van der Waals surface area contributed by atoms with E-state index < -0.39 is 0 Å². The summed E-state index contributed by atoms with van der Waals surface area (Å²) >= 11 is 12.1. The molecule has 0 aromatic heterocycles. The zero-order valence-electron chi connectivity index (χ0n) is 11.5. The Kier molecular flexibility index (Phi) is 6.08. The summed E-state index contributed by atoms with van der Waals surface area (Å²) in [5, 5.41) is 13.9. The second-order valence-electron chi connectivity index (χ2n) is 4.36. The predicted molar refractivity (Wildman–Crippen MR) is 89.4 cm³/mol. The van der Waals surface area contributed by atoms with Gasteiger partial charge in [-0.25, -0.2) is 0 Å². The van der Waals surface area contributed by atoms with Crippen molar-refractivity contribution in [1.29, 1.82) is 0 Å². The Bertz CT molecular complexity index is 619. The molecule has 2 aromatic carbocycles. The molecule has 110 valence electrons. The van der Waals surface area contributed by atoms with E-state index in [1.54, 1.807) is 18.2 Å². The quantitative estimate of drug-likeness (QED) is 0.774. The van der Waals surface area contributed by atoms with E-state index in [1.807, 2.05) is 24.3 Å². The zero-order chi connectivity index (χ0) is 15.2. The van der Waals surface area contributed by atoms with Crippen molar-refractivity contribution in [2.45, 2.75) is 13.3 Å². The monoisotopic (exact) mass is 339 g/mol. The van der Waals surface area contributed by atoms with Crippen LogP contribution >= 0.6 is 31.4 Å². The van der Waals surface area contributed by atoms with E-state index in [9.17, 15) is 5.11 Å². The first-order chi connectivity index (χ1) is 10.1. The average Bonchev–Trinajstić information content (AvgIpc) is 2.46. The van der Waals surface area contributed by atoms with Crippen LogP contribution in [0.2, 0.25) is 10.0 Å². The summed E-state index contributed by atoms with van der Waals surface area (Å²) in [7, 11) is 0.539. The van der Waals surface area contributed by atoms with Crippen molar-refractivity contribution in [2.24, 2.45) is 0 Å². The van der Waals surface area contributed by atoms with Gasteiger partial charge in [0.2, 0.25) is 0 Å². The lowest BCUT2D eigenvalue weighted by Gasteiger charge is -2.15. The minimum Gasteiger partial charge on any atom is -0.823 e. The molecule has 5 heteroatoms. The molecule has 0 aliphatic heterocycles. The largest absolute Gasteiger partial charge is 0.823 e. The maximum Gasteiger partial charge on any atom is 0.119 e. The van der Waals surface area contributed by atoms with Gasteiger partial charge in [-0.3, -0.25) is 0 Å². The minimum absolute atomic E-state index is 0.118. The van der Waals surface area contributed by atoms with Crippen LogP contribution in [0, 0.1) is 0 Å². The summed E-state index contributed by atoms with van der Waals surface area (Å²) in [6.07, 6.45) is 0.962. The molecule has 2 rings (SSSR count). The molecule has 0 radical (unpaired) electrons. The van der Waals surface area contributed by atoms with Crippen molar-refractivity contribution < 1.29 is 9.84 Å². The Hall–Kier alpha value is -1.05. The van der Waals surface area contributed by atoms with Crippen molar-refractivity contribution in [3.63, 3.8) is 0 Å². The van der Waals surface area contributed by atoms with E-state index in [2.05, 4.69) is 6.92 Å². The molecule has 0 saturated heterocycles. The molecule has 0 aliphatic rings. The minimum atomic E-state index is -0.118. The third-order valence-corrected chi connectivity index (χ3v) is 4.33. The number of benzene rings is 2. The van der Waals surface area contributed by atoms with E-state index in [1.165, 1.54) is 0 Å². The van der Waals surface area contributed by atoms with Gasteiger partial charge in [0.1, 0.15) is 5.75 Å². The first-order valence-corrected chi connectivity index (χ1v) is 8.19. The number of hydrogen-bond acceptors (Lipinski definition) is 2.